The molecule has 188 valence electrons. The number of rotatable bonds is 11. The molecule has 0 bridgehead atoms. The molecule has 0 spiro atoms. The number of benzene rings is 2. The summed E-state index contributed by atoms with van der Waals surface area (Å²) in [6.45, 7) is 6.57. The quantitative estimate of drug-likeness (QED) is 0.381. The highest BCUT2D eigenvalue weighted by Gasteiger charge is 2.34. The molecule has 3 aromatic rings. The van der Waals surface area contributed by atoms with Crippen molar-refractivity contribution in [2.75, 3.05) is 33.4 Å². The van der Waals surface area contributed by atoms with Crippen molar-refractivity contribution in [2.24, 2.45) is 0 Å². The van der Waals surface area contributed by atoms with Gasteiger partial charge in [-0.15, -0.1) is 0 Å². The number of likely N-dealkylation sites (tertiary alicyclic amines) is 1. The van der Waals surface area contributed by atoms with E-state index in [1.54, 1.807) is 25.3 Å². The Morgan fingerprint density at radius 3 is 2.77 bits per heavy atom. The lowest BCUT2D eigenvalue weighted by Gasteiger charge is -2.31. The summed E-state index contributed by atoms with van der Waals surface area (Å²) < 4.78 is 33.9. The minimum atomic E-state index is -0.410. The molecule has 0 saturated carbocycles. The van der Waals surface area contributed by atoms with Crippen LogP contribution in [0.15, 0.2) is 60.9 Å². The Hall–Kier alpha value is -2.90. The van der Waals surface area contributed by atoms with Gasteiger partial charge in [-0.1, -0.05) is 31.2 Å². The molecule has 1 aliphatic rings. The van der Waals surface area contributed by atoms with Crippen LogP contribution >= 0.6 is 0 Å². The van der Waals surface area contributed by atoms with E-state index >= 15 is 0 Å². The van der Waals surface area contributed by atoms with Crippen LogP contribution < -0.4 is 9.47 Å². The molecule has 0 aliphatic carbocycles. The largest absolute Gasteiger partial charge is 0.492 e. The molecule has 1 saturated heterocycles. The van der Waals surface area contributed by atoms with E-state index < -0.39 is 5.60 Å². The number of halogens is 1. The number of aryl methyl sites for hydroxylation is 1. The second-order valence-electron chi connectivity index (χ2n) is 9.12. The first-order valence-electron chi connectivity index (χ1n) is 12.5. The van der Waals surface area contributed by atoms with Gasteiger partial charge in [-0.05, 0) is 55.6 Å². The Morgan fingerprint density at radius 2 is 1.94 bits per heavy atom. The fourth-order valence-electron chi connectivity index (χ4n) is 4.67. The Bertz CT molecular complexity index is 1070. The van der Waals surface area contributed by atoms with Crippen LogP contribution in [-0.4, -0.2) is 53.5 Å². The summed E-state index contributed by atoms with van der Waals surface area (Å²) in [5.74, 6) is 1.91. The van der Waals surface area contributed by atoms with Gasteiger partial charge in [0, 0.05) is 39.0 Å². The number of hydrogen-bond donors (Lipinski definition) is 0. The van der Waals surface area contributed by atoms with Crippen LogP contribution in [-0.2, 0) is 24.2 Å². The van der Waals surface area contributed by atoms with E-state index in [0.717, 1.165) is 63.4 Å². The van der Waals surface area contributed by atoms with Crippen molar-refractivity contribution < 1.29 is 18.6 Å². The van der Waals surface area contributed by atoms with E-state index in [0.29, 0.717) is 13.2 Å². The van der Waals surface area contributed by atoms with E-state index in [9.17, 15) is 4.39 Å². The third-order valence-electron chi connectivity index (χ3n) is 6.77. The van der Waals surface area contributed by atoms with Crippen LogP contribution in [0.25, 0.3) is 0 Å². The molecule has 1 atom stereocenters. The van der Waals surface area contributed by atoms with E-state index in [1.807, 2.05) is 18.5 Å². The zero-order chi connectivity index (χ0) is 24.5. The summed E-state index contributed by atoms with van der Waals surface area (Å²) in [4.78, 5) is 6.81. The highest BCUT2D eigenvalue weighted by molar-refractivity contribution is 5.28. The Morgan fingerprint density at radius 1 is 1.06 bits per heavy atom. The topological polar surface area (TPSA) is 48.8 Å². The van der Waals surface area contributed by atoms with E-state index in [2.05, 4.69) is 39.6 Å². The predicted molar refractivity (Wildman–Crippen MR) is 134 cm³/mol. The molecule has 4 rings (SSSR count). The van der Waals surface area contributed by atoms with Crippen molar-refractivity contribution >= 4 is 0 Å². The molecule has 2 heterocycles. The predicted octanol–water partition coefficient (Wildman–Crippen LogP) is 5.11. The maximum atomic E-state index is 14.0. The van der Waals surface area contributed by atoms with E-state index in [-0.39, 0.29) is 11.6 Å². The molecule has 0 radical (unpaired) electrons. The molecule has 7 heteroatoms. The van der Waals surface area contributed by atoms with Gasteiger partial charge in [-0.3, -0.25) is 4.90 Å². The zero-order valence-electron chi connectivity index (χ0n) is 20.8. The van der Waals surface area contributed by atoms with Crippen LogP contribution in [0.4, 0.5) is 4.39 Å². The minimum absolute atomic E-state index is 0.279. The van der Waals surface area contributed by atoms with Gasteiger partial charge in [-0.2, -0.15) is 0 Å². The average molecular weight is 482 g/mol. The summed E-state index contributed by atoms with van der Waals surface area (Å²) in [5, 5.41) is 0. The number of methoxy groups -OCH3 is 1. The van der Waals surface area contributed by atoms with Gasteiger partial charge >= 0.3 is 0 Å². The van der Waals surface area contributed by atoms with Crippen LogP contribution in [0.5, 0.6) is 11.5 Å². The van der Waals surface area contributed by atoms with Crippen molar-refractivity contribution in [3.8, 4) is 11.5 Å². The lowest BCUT2D eigenvalue weighted by molar-refractivity contribution is -0.0548. The van der Waals surface area contributed by atoms with Crippen molar-refractivity contribution in [3.05, 3.63) is 78.1 Å². The maximum absolute atomic E-state index is 14.0. The van der Waals surface area contributed by atoms with Gasteiger partial charge in [0.1, 0.15) is 30.4 Å². The minimum Gasteiger partial charge on any atom is -0.492 e. The number of hydrogen-bond acceptors (Lipinski definition) is 5. The molecule has 2 aromatic carbocycles. The molecule has 6 nitrogen and oxygen atoms in total. The third kappa shape index (κ3) is 6.83. The molecule has 1 fully saturated rings. The number of para-hydroxylation sites is 1. The Labute approximate surface area is 207 Å². The first kappa shape index (κ1) is 25.2. The highest BCUT2D eigenvalue weighted by Crippen LogP contribution is 2.29. The van der Waals surface area contributed by atoms with Gasteiger partial charge in [0.2, 0.25) is 0 Å². The van der Waals surface area contributed by atoms with Gasteiger partial charge in [-0.25, -0.2) is 9.37 Å². The van der Waals surface area contributed by atoms with Gasteiger partial charge in [0.15, 0.2) is 11.6 Å². The van der Waals surface area contributed by atoms with Crippen molar-refractivity contribution in [1.82, 2.24) is 14.5 Å². The van der Waals surface area contributed by atoms with Crippen molar-refractivity contribution in [3.63, 3.8) is 0 Å². The standard InChI is InChI=1S/C28H36FN3O3/c1-3-27-30-14-17-32(27)18-19-34-24-9-6-8-23(20-24)21-31-15-7-12-28(33-2,13-16-31)22-35-26-11-5-4-10-25(26)29/h4-6,8-11,14,17,20H,3,7,12-13,15-16,18-19,21-22H2,1-2H3/t28-/m0/s1. The smallest absolute Gasteiger partial charge is 0.165 e. The molecular formula is C28H36FN3O3. The molecule has 0 N–H and O–H groups in total. The van der Waals surface area contributed by atoms with E-state index in [4.69, 9.17) is 14.2 Å². The van der Waals surface area contributed by atoms with E-state index in [1.165, 1.54) is 11.6 Å². The summed E-state index contributed by atoms with van der Waals surface area (Å²) >= 11 is 0. The van der Waals surface area contributed by atoms with Crippen LogP contribution in [0.2, 0.25) is 0 Å². The molecule has 1 aliphatic heterocycles. The van der Waals surface area contributed by atoms with Crippen LogP contribution in [0.3, 0.4) is 0 Å². The molecule has 1 aromatic heterocycles. The third-order valence-corrected chi connectivity index (χ3v) is 6.77. The number of ether oxygens (including phenoxy) is 3. The summed E-state index contributed by atoms with van der Waals surface area (Å²) in [5.41, 5.74) is 0.819. The monoisotopic (exact) mass is 481 g/mol. The van der Waals surface area contributed by atoms with Crippen LogP contribution in [0.1, 0.15) is 37.6 Å². The first-order valence-corrected chi connectivity index (χ1v) is 12.5. The average Bonchev–Trinajstić information content (AvgIpc) is 3.24. The lowest BCUT2D eigenvalue weighted by Crippen LogP contribution is -2.39. The second kappa shape index (κ2) is 12.2. The molecular weight excluding hydrogens is 445 g/mol. The van der Waals surface area contributed by atoms with Crippen molar-refractivity contribution in [1.29, 1.82) is 0 Å². The Balaban J connectivity index is 1.29. The summed E-state index contributed by atoms with van der Waals surface area (Å²) in [6.07, 6.45) is 7.46. The lowest BCUT2D eigenvalue weighted by atomic mass is 9.95. The number of imidazole rings is 1. The number of nitrogens with zero attached hydrogens (tertiary/aromatic N) is 3. The van der Waals surface area contributed by atoms with Gasteiger partial charge < -0.3 is 18.8 Å². The molecule has 0 unspecified atom stereocenters. The van der Waals surface area contributed by atoms with Crippen molar-refractivity contribution in [2.45, 2.75) is 51.3 Å². The maximum Gasteiger partial charge on any atom is 0.165 e. The molecule has 35 heavy (non-hydrogen) atoms. The summed E-state index contributed by atoms with van der Waals surface area (Å²) in [7, 11) is 1.73. The zero-order valence-corrected chi connectivity index (χ0v) is 20.8. The summed E-state index contributed by atoms with van der Waals surface area (Å²) in [6, 6.07) is 14.9. The SMILES string of the molecule is CCc1nccn1CCOc1cccc(CN2CCC[C@](COc3ccccc3F)(OC)CC2)c1. The van der Waals surface area contributed by atoms with Gasteiger partial charge in [0.05, 0.1) is 6.54 Å². The fraction of sp³-hybridized carbons (Fsp3) is 0.464. The second-order valence-corrected chi connectivity index (χ2v) is 9.12. The number of aromatic nitrogens is 2. The first-order chi connectivity index (χ1) is 17.1. The normalized spacial score (nSPS) is 18.8. The van der Waals surface area contributed by atoms with Crippen LogP contribution in [0, 0.1) is 5.82 Å². The highest BCUT2D eigenvalue weighted by atomic mass is 19.1. The van der Waals surface area contributed by atoms with Gasteiger partial charge in [0.25, 0.3) is 0 Å². The Kier molecular flexibility index (Phi) is 8.77. The fourth-order valence-corrected chi connectivity index (χ4v) is 4.67. The molecule has 0 amide bonds.